The molecule has 17 heavy (non-hydrogen) atoms. The molecule has 0 amide bonds. The highest BCUT2D eigenvalue weighted by Gasteiger charge is 2.17. The molecule has 1 rings (SSSR count). The Morgan fingerprint density at radius 2 is 1.71 bits per heavy atom. The van der Waals surface area contributed by atoms with Gasteiger partial charge in [-0.25, -0.2) is 0 Å². The molecule has 1 aromatic carbocycles. The fourth-order valence-electron chi connectivity index (χ4n) is 1.52. The third-order valence-corrected chi connectivity index (χ3v) is 2.29. The molecule has 0 heterocycles. The third kappa shape index (κ3) is 3.91. The van der Waals surface area contributed by atoms with E-state index in [1.807, 2.05) is 26.8 Å². The maximum atomic E-state index is 10.0. The number of aliphatic hydroxyl groups excluding tert-OH is 1. The van der Waals surface area contributed by atoms with E-state index in [9.17, 15) is 5.11 Å². The van der Waals surface area contributed by atoms with Gasteiger partial charge in [-0.1, -0.05) is 6.07 Å². The van der Waals surface area contributed by atoms with E-state index in [1.165, 1.54) is 0 Å². The maximum absolute atomic E-state index is 10.0. The highest BCUT2D eigenvalue weighted by Crippen LogP contribution is 2.29. The Bertz CT molecular complexity index is 371. The van der Waals surface area contributed by atoms with Crippen LogP contribution in [0.25, 0.3) is 0 Å². The van der Waals surface area contributed by atoms with Gasteiger partial charge in [0.25, 0.3) is 0 Å². The average Bonchev–Trinajstić information content (AvgIpc) is 2.25. The first-order valence-corrected chi connectivity index (χ1v) is 5.55. The van der Waals surface area contributed by atoms with Crippen molar-refractivity contribution < 1.29 is 14.6 Å². The van der Waals surface area contributed by atoms with Crippen molar-refractivity contribution in [3.63, 3.8) is 0 Å². The number of rotatable bonds is 4. The van der Waals surface area contributed by atoms with E-state index in [0.29, 0.717) is 11.5 Å². The summed E-state index contributed by atoms with van der Waals surface area (Å²) in [6.45, 7) is 5.99. The van der Waals surface area contributed by atoms with Gasteiger partial charge in [0.2, 0.25) is 0 Å². The van der Waals surface area contributed by atoms with Crippen molar-refractivity contribution in [1.29, 1.82) is 0 Å². The first-order valence-electron chi connectivity index (χ1n) is 5.55. The van der Waals surface area contributed by atoms with Crippen LogP contribution in [0.3, 0.4) is 0 Å². The van der Waals surface area contributed by atoms with E-state index in [1.54, 1.807) is 26.4 Å². The Kier molecular flexibility index (Phi) is 4.37. The van der Waals surface area contributed by atoms with Crippen LogP contribution in [0, 0.1) is 0 Å². The SMILES string of the molecule is COc1ccc(C(O)NC(C)(C)C)cc1OC. The van der Waals surface area contributed by atoms with E-state index < -0.39 is 6.23 Å². The molecule has 0 aliphatic heterocycles. The molecule has 96 valence electrons. The highest BCUT2D eigenvalue weighted by molar-refractivity contribution is 5.43. The predicted octanol–water partition coefficient (Wildman–Crippen LogP) is 2.08. The van der Waals surface area contributed by atoms with Crippen molar-refractivity contribution in [2.45, 2.75) is 32.5 Å². The lowest BCUT2D eigenvalue weighted by molar-refractivity contribution is 0.106. The topological polar surface area (TPSA) is 50.7 Å². The van der Waals surface area contributed by atoms with Crippen molar-refractivity contribution in [1.82, 2.24) is 5.32 Å². The van der Waals surface area contributed by atoms with Gasteiger partial charge >= 0.3 is 0 Å². The van der Waals surface area contributed by atoms with Gasteiger partial charge in [0.05, 0.1) is 14.2 Å². The zero-order chi connectivity index (χ0) is 13.1. The Labute approximate surface area is 103 Å². The Morgan fingerprint density at radius 1 is 1.12 bits per heavy atom. The number of nitrogens with one attached hydrogen (secondary N) is 1. The van der Waals surface area contributed by atoms with Gasteiger partial charge in [-0.15, -0.1) is 0 Å². The third-order valence-electron chi connectivity index (χ3n) is 2.29. The summed E-state index contributed by atoms with van der Waals surface area (Å²) < 4.78 is 10.3. The number of ether oxygens (including phenoxy) is 2. The second kappa shape index (κ2) is 5.38. The number of methoxy groups -OCH3 is 2. The molecule has 1 aromatic rings. The van der Waals surface area contributed by atoms with Gasteiger partial charge in [0, 0.05) is 5.54 Å². The van der Waals surface area contributed by atoms with E-state index in [-0.39, 0.29) is 5.54 Å². The van der Waals surface area contributed by atoms with Crippen molar-refractivity contribution in [3.8, 4) is 11.5 Å². The molecular weight excluding hydrogens is 218 g/mol. The van der Waals surface area contributed by atoms with Gasteiger partial charge in [0.15, 0.2) is 11.5 Å². The minimum absolute atomic E-state index is 0.160. The van der Waals surface area contributed by atoms with Crippen molar-refractivity contribution in [3.05, 3.63) is 23.8 Å². The normalized spacial score (nSPS) is 13.3. The Morgan fingerprint density at radius 3 is 2.18 bits per heavy atom. The zero-order valence-corrected chi connectivity index (χ0v) is 11.1. The molecule has 0 aliphatic rings. The molecule has 4 heteroatoms. The Hall–Kier alpha value is -1.26. The van der Waals surface area contributed by atoms with E-state index in [2.05, 4.69) is 5.32 Å². The minimum atomic E-state index is -0.727. The molecule has 0 saturated carbocycles. The molecule has 2 N–H and O–H groups in total. The van der Waals surface area contributed by atoms with Crippen LogP contribution in [0.2, 0.25) is 0 Å². The van der Waals surface area contributed by atoms with Gasteiger partial charge < -0.3 is 14.6 Å². The fourth-order valence-corrected chi connectivity index (χ4v) is 1.52. The number of hydrogen-bond acceptors (Lipinski definition) is 4. The molecule has 0 aliphatic carbocycles. The van der Waals surface area contributed by atoms with E-state index >= 15 is 0 Å². The van der Waals surface area contributed by atoms with Gasteiger partial charge in [0.1, 0.15) is 6.23 Å². The molecule has 1 atom stereocenters. The summed E-state index contributed by atoms with van der Waals surface area (Å²) in [5.41, 5.74) is 0.588. The maximum Gasteiger partial charge on any atom is 0.161 e. The average molecular weight is 239 g/mol. The number of aliphatic hydroxyl groups is 1. The predicted molar refractivity (Wildman–Crippen MR) is 67.4 cm³/mol. The standard InChI is InChI=1S/C13H21NO3/c1-13(2,3)14-12(15)9-6-7-10(16-4)11(8-9)17-5/h6-8,12,14-15H,1-5H3. The van der Waals surface area contributed by atoms with E-state index in [0.717, 1.165) is 5.56 Å². The summed E-state index contributed by atoms with van der Waals surface area (Å²) in [4.78, 5) is 0. The van der Waals surface area contributed by atoms with Crippen LogP contribution in [0.5, 0.6) is 11.5 Å². The molecule has 0 fully saturated rings. The van der Waals surface area contributed by atoms with Crippen LogP contribution in [0.15, 0.2) is 18.2 Å². The van der Waals surface area contributed by atoms with Gasteiger partial charge in [-0.05, 0) is 38.5 Å². The van der Waals surface area contributed by atoms with Crippen LogP contribution in [0.1, 0.15) is 32.6 Å². The molecule has 1 unspecified atom stereocenters. The Balaban J connectivity index is 2.92. The molecule has 0 radical (unpaired) electrons. The largest absolute Gasteiger partial charge is 0.493 e. The van der Waals surface area contributed by atoms with Crippen LogP contribution < -0.4 is 14.8 Å². The summed E-state index contributed by atoms with van der Waals surface area (Å²) in [5.74, 6) is 1.26. The first kappa shape index (κ1) is 13.8. The molecule has 4 nitrogen and oxygen atoms in total. The second-order valence-corrected chi connectivity index (χ2v) is 4.91. The van der Waals surface area contributed by atoms with E-state index in [4.69, 9.17) is 9.47 Å². The lowest BCUT2D eigenvalue weighted by Gasteiger charge is -2.25. The minimum Gasteiger partial charge on any atom is -0.493 e. The van der Waals surface area contributed by atoms with Gasteiger partial charge in [-0.2, -0.15) is 0 Å². The molecular formula is C13H21NO3. The monoisotopic (exact) mass is 239 g/mol. The summed E-state index contributed by atoms with van der Waals surface area (Å²) in [5, 5.41) is 13.1. The summed E-state index contributed by atoms with van der Waals surface area (Å²) in [6, 6.07) is 5.36. The fraction of sp³-hybridized carbons (Fsp3) is 0.538. The van der Waals surface area contributed by atoms with Gasteiger partial charge in [-0.3, -0.25) is 5.32 Å². The number of hydrogen-bond donors (Lipinski definition) is 2. The van der Waals surface area contributed by atoms with Crippen LogP contribution in [0.4, 0.5) is 0 Å². The zero-order valence-electron chi connectivity index (χ0n) is 11.1. The van der Waals surface area contributed by atoms with Crippen LogP contribution >= 0.6 is 0 Å². The smallest absolute Gasteiger partial charge is 0.161 e. The highest BCUT2D eigenvalue weighted by atomic mass is 16.5. The second-order valence-electron chi connectivity index (χ2n) is 4.91. The molecule has 0 saturated heterocycles. The quantitative estimate of drug-likeness (QED) is 0.790. The lowest BCUT2D eigenvalue weighted by atomic mass is 10.1. The molecule has 0 spiro atoms. The summed E-state index contributed by atoms with van der Waals surface area (Å²) in [6.07, 6.45) is -0.727. The lowest BCUT2D eigenvalue weighted by Crippen LogP contribution is -2.38. The van der Waals surface area contributed by atoms with Crippen molar-refractivity contribution in [2.24, 2.45) is 0 Å². The number of benzene rings is 1. The van der Waals surface area contributed by atoms with Crippen LogP contribution in [-0.2, 0) is 0 Å². The first-order chi connectivity index (χ1) is 7.87. The summed E-state index contributed by atoms with van der Waals surface area (Å²) >= 11 is 0. The van der Waals surface area contributed by atoms with Crippen LogP contribution in [-0.4, -0.2) is 24.9 Å². The van der Waals surface area contributed by atoms with Crippen molar-refractivity contribution in [2.75, 3.05) is 14.2 Å². The summed E-state index contributed by atoms with van der Waals surface area (Å²) in [7, 11) is 3.16. The molecule has 0 bridgehead atoms. The molecule has 0 aromatic heterocycles. The van der Waals surface area contributed by atoms with Crippen molar-refractivity contribution >= 4 is 0 Å².